The summed E-state index contributed by atoms with van der Waals surface area (Å²) < 4.78 is 22.9. The van der Waals surface area contributed by atoms with Crippen LogP contribution in [-0.4, -0.2) is 68.5 Å². The molecule has 43 heavy (non-hydrogen) atoms. The Morgan fingerprint density at radius 3 is 1.58 bits per heavy atom. The van der Waals surface area contributed by atoms with Gasteiger partial charge in [0.1, 0.15) is 13.2 Å². The lowest BCUT2D eigenvalue weighted by molar-refractivity contribution is -0.870. The van der Waals surface area contributed by atoms with E-state index in [9.17, 15) is 19.4 Å². The predicted molar refractivity (Wildman–Crippen MR) is 178 cm³/mol. The number of carbonyl (C=O) groups is 1. The minimum absolute atomic E-state index is 0.0141. The topological polar surface area (TPSA) is 108 Å². The van der Waals surface area contributed by atoms with Gasteiger partial charge < -0.3 is 28.8 Å². The van der Waals surface area contributed by atoms with E-state index in [-0.39, 0.29) is 19.1 Å². The minimum Gasteiger partial charge on any atom is -0.756 e. The second kappa shape index (κ2) is 27.8. The molecule has 3 unspecified atom stereocenters. The zero-order valence-corrected chi connectivity index (χ0v) is 29.8. The average molecular weight is 635 g/mol. The first-order valence-corrected chi connectivity index (χ1v) is 19.3. The summed E-state index contributed by atoms with van der Waals surface area (Å²) >= 11 is 0. The smallest absolute Gasteiger partial charge is 0.268 e. The van der Waals surface area contributed by atoms with Crippen LogP contribution in [-0.2, 0) is 18.4 Å². The lowest BCUT2D eigenvalue weighted by atomic mass is 10.0. The van der Waals surface area contributed by atoms with Gasteiger partial charge in [0.2, 0.25) is 5.91 Å². The third-order valence-electron chi connectivity index (χ3n) is 8.10. The summed E-state index contributed by atoms with van der Waals surface area (Å²) in [6.45, 7) is 4.59. The van der Waals surface area contributed by atoms with E-state index in [2.05, 4.69) is 19.2 Å². The summed E-state index contributed by atoms with van der Waals surface area (Å²) in [5.74, 6) is -0.172. The first kappa shape index (κ1) is 42.5. The Kier molecular flexibility index (Phi) is 27.5. The van der Waals surface area contributed by atoms with Crippen molar-refractivity contribution in [2.75, 3.05) is 40.9 Å². The van der Waals surface area contributed by atoms with Crippen molar-refractivity contribution in [1.82, 2.24) is 5.32 Å². The highest BCUT2D eigenvalue weighted by atomic mass is 31.2. The van der Waals surface area contributed by atoms with E-state index in [1.165, 1.54) is 89.9 Å². The number of rotatable bonds is 32. The zero-order valence-electron chi connectivity index (χ0n) is 28.9. The van der Waals surface area contributed by atoms with Gasteiger partial charge in [-0.05, 0) is 12.8 Å². The molecule has 0 aliphatic carbocycles. The molecule has 3 atom stereocenters. The number of nitrogens with one attached hydrogen (secondary N) is 1. The molecule has 0 fully saturated rings. The highest BCUT2D eigenvalue weighted by Gasteiger charge is 2.24. The fraction of sp³-hybridized carbons (Fsp3) is 0.971. The Hall–Kier alpha value is -0.500. The highest BCUT2D eigenvalue weighted by Crippen LogP contribution is 2.38. The van der Waals surface area contributed by atoms with E-state index < -0.39 is 20.0 Å². The normalized spacial score (nSPS) is 14.9. The van der Waals surface area contributed by atoms with Crippen LogP contribution in [0.5, 0.6) is 0 Å². The van der Waals surface area contributed by atoms with E-state index in [4.69, 9.17) is 9.05 Å². The first-order chi connectivity index (χ1) is 20.5. The second-order valence-electron chi connectivity index (χ2n) is 13.6. The van der Waals surface area contributed by atoms with Crippen molar-refractivity contribution in [2.45, 2.75) is 174 Å². The first-order valence-electron chi connectivity index (χ1n) is 17.9. The van der Waals surface area contributed by atoms with Crippen molar-refractivity contribution < 1.29 is 32.9 Å². The molecule has 258 valence electrons. The molecule has 1 amide bonds. The predicted octanol–water partition coefficient (Wildman–Crippen LogP) is 8.05. The van der Waals surface area contributed by atoms with E-state index >= 15 is 0 Å². The Bertz CT molecular complexity index is 688. The number of hydrogen-bond donors (Lipinski definition) is 2. The van der Waals surface area contributed by atoms with E-state index in [0.29, 0.717) is 23.9 Å². The summed E-state index contributed by atoms with van der Waals surface area (Å²) in [5.41, 5.74) is 0. The molecule has 8 nitrogen and oxygen atoms in total. The molecule has 0 aliphatic rings. The Balaban J connectivity index is 4.15. The van der Waals surface area contributed by atoms with Gasteiger partial charge in [-0.3, -0.25) is 9.36 Å². The fourth-order valence-electron chi connectivity index (χ4n) is 5.16. The van der Waals surface area contributed by atoms with Gasteiger partial charge in [0.05, 0.1) is 39.9 Å². The molecule has 0 spiro atoms. The van der Waals surface area contributed by atoms with Crippen LogP contribution in [0.15, 0.2) is 0 Å². The number of quaternary nitrogens is 1. The molecule has 9 heteroatoms. The van der Waals surface area contributed by atoms with Crippen LogP contribution in [0.1, 0.15) is 162 Å². The fourth-order valence-corrected chi connectivity index (χ4v) is 5.88. The van der Waals surface area contributed by atoms with Crippen molar-refractivity contribution >= 4 is 13.7 Å². The molecule has 0 radical (unpaired) electrons. The van der Waals surface area contributed by atoms with Gasteiger partial charge in [0.15, 0.2) is 0 Å². The molecule has 0 saturated carbocycles. The van der Waals surface area contributed by atoms with Crippen molar-refractivity contribution in [2.24, 2.45) is 0 Å². The summed E-state index contributed by atoms with van der Waals surface area (Å²) in [4.78, 5) is 24.9. The van der Waals surface area contributed by atoms with Crippen LogP contribution in [0, 0.1) is 0 Å². The number of amides is 1. The van der Waals surface area contributed by atoms with Gasteiger partial charge in [-0.15, -0.1) is 0 Å². The standard InChI is InChI=1S/C34H71N2O6P/c1-6-8-10-12-13-14-15-16-17-18-19-20-21-22-23-24-26-28-34(38)35-32(33(37)27-25-11-9-7-2)31-42-43(39,40)41-30-29-36(3,4)5/h32-33,37H,6-31H2,1-5H3,(H-,35,38,39,40). The molecule has 0 rings (SSSR count). The van der Waals surface area contributed by atoms with Gasteiger partial charge in [-0.2, -0.15) is 0 Å². The SMILES string of the molecule is CCCCCCCCCCCCCCCCCCCC(=O)NC(COP(=O)([O-])OCC[N+](C)(C)C)C(O)CCCCCC. The van der Waals surface area contributed by atoms with Gasteiger partial charge in [0.25, 0.3) is 7.82 Å². The molecule has 0 aliphatic heterocycles. The molecule has 0 aromatic carbocycles. The van der Waals surface area contributed by atoms with Gasteiger partial charge in [-0.25, -0.2) is 0 Å². The number of phosphoric ester groups is 1. The highest BCUT2D eigenvalue weighted by molar-refractivity contribution is 7.45. The Morgan fingerprint density at radius 1 is 0.721 bits per heavy atom. The maximum absolute atomic E-state index is 12.6. The molecular formula is C34H71N2O6P. The maximum atomic E-state index is 12.6. The van der Waals surface area contributed by atoms with Crippen molar-refractivity contribution in [3.05, 3.63) is 0 Å². The van der Waals surface area contributed by atoms with Crippen LogP contribution in [0.4, 0.5) is 0 Å². The molecular weight excluding hydrogens is 563 g/mol. The van der Waals surface area contributed by atoms with E-state index in [1.54, 1.807) is 0 Å². The van der Waals surface area contributed by atoms with Crippen molar-refractivity contribution in [3.8, 4) is 0 Å². The number of carbonyl (C=O) groups excluding carboxylic acids is 1. The largest absolute Gasteiger partial charge is 0.756 e. The number of aliphatic hydroxyl groups is 1. The van der Waals surface area contributed by atoms with Crippen LogP contribution in [0.25, 0.3) is 0 Å². The molecule has 0 aromatic rings. The molecule has 0 heterocycles. The van der Waals surface area contributed by atoms with Gasteiger partial charge in [-0.1, -0.05) is 142 Å². The summed E-state index contributed by atoms with van der Waals surface area (Å²) in [6, 6.07) is -0.788. The Labute approximate surface area is 266 Å². The number of aliphatic hydroxyl groups excluding tert-OH is 1. The monoisotopic (exact) mass is 635 g/mol. The van der Waals surface area contributed by atoms with Crippen LogP contribution in [0.3, 0.4) is 0 Å². The molecule has 0 bridgehead atoms. The third-order valence-corrected chi connectivity index (χ3v) is 9.06. The summed E-state index contributed by atoms with van der Waals surface area (Å²) in [6.07, 6.45) is 25.8. The Morgan fingerprint density at radius 2 is 1.14 bits per heavy atom. The minimum atomic E-state index is -4.53. The number of phosphoric acid groups is 1. The van der Waals surface area contributed by atoms with E-state index in [1.807, 2.05) is 21.1 Å². The van der Waals surface area contributed by atoms with Crippen LogP contribution >= 0.6 is 7.82 Å². The van der Waals surface area contributed by atoms with Crippen molar-refractivity contribution in [1.29, 1.82) is 0 Å². The zero-order chi connectivity index (χ0) is 32.2. The van der Waals surface area contributed by atoms with Gasteiger partial charge >= 0.3 is 0 Å². The quantitative estimate of drug-likeness (QED) is 0.0440. The maximum Gasteiger partial charge on any atom is 0.268 e. The number of likely N-dealkylation sites (N-methyl/N-ethyl adjacent to an activating group) is 1. The molecule has 0 aromatic heterocycles. The molecule has 2 N–H and O–H groups in total. The third kappa shape index (κ3) is 29.9. The van der Waals surface area contributed by atoms with Crippen LogP contribution < -0.4 is 10.2 Å². The average Bonchev–Trinajstić information content (AvgIpc) is 2.94. The van der Waals surface area contributed by atoms with Gasteiger partial charge in [0, 0.05) is 6.42 Å². The second-order valence-corrected chi connectivity index (χ2v) is 15.0. The summed E-state index contributed by atoms with van der Waals surface area (Å²) in [5, 5.41) is 13.6. The number of unbranched alkanes of at least 4 members (excludes halogenated alkanes) is 19. The van der Waals surface area contributed by atoms with Crippen molar-refractivity contribution in [3.63, 3.8) is 0 Å². The lowest BCUT2D eigenvalue weighted by Crippen LogP contribution is -2.46. The number of hydrogen-bond acceptors (Lipinski definition) is 6. The number of nitrogens with zero attached hydrogens (tertiary/aromatic N) is 1. The van der Waals surface area contributed by atoms with Crippen LogP contribution in [0.2, 0.25) is 0 Å². The van der Waals surface area contributed by atoms with E-state index in [0.717, 1.165) is 44.9 Å². The molecule has 0 saturated heterocycles. The lowest BCUT2D eigenvalue weighted by Gasteiger charge is -2.30. The summed E-state index contributed by atoms with van der Waals surface area (Å²) in [7, 11) is 1.30.